The van der Waals surface area contributed by atoms with Gasteiger partial charge in [0.15, 0.2) is 5.96 Å². The molecule has 1 heterocycles. The molecule has 1 N–H and O–H groups in total. The largest absolute Gasteiger partial charge is 0.381 e. The van der Waals surface area contributed by atoms with Gasteiger partial charge in [0.1, 0.15) is 0 Å². The molecule has 0 spiro atoms. The van der Waals surface area contributed by atoms with Crippen LogP contribution in [0, 0.1) is 0 Å². The molecule has 0 unspecified atom stereocenters. The molecule has 7 heteroatoms. The van der Waals surface area contributed by atoms with Crippen LogP contribution in [0.1, 0.15) is 25.3 Å². The summed E-state index contributed by atoms with van der Waals surface area (Å²) in [4.78, 5) is 7.05. The number of hydrogen-bond donors (Lipinski definition) is 1. The Morgan fingerprint density at radius 3 is 2.64 bits per heavy atom. The van der Waals surface area contributed by atoms with Gasteiger partial charge in [-0.2, -0.15) is 11.8 Å². The van der Waals surface area contributed by atoms with Crippen molar-refractivity contribution in [2.45, 2.75) is 31.1 Å². The summed E-state index contributed by atoms with van der Waals surface area (Å²) in [7, 11) is 2.06. The smallest absolute Gasteiger partial charge is 0.194 e. The number of thioether (sulfide) groups is 1. The lowest BCUT2D eigenvalue weighted by atomic mass is 9.99. The molecule has 0 radical (unpaired) electrons. The highest BCUT2D eigenvalue weighted by atomic mass is 127. The van der Waals surface area contributed by atoms with E-state index < -0.39 is 0 Å². The standard InChI is InChI=1S/C18H28ClN3OS.HI/c1-4-20-17(21-14-18(24-3)9-11-23-12-10-18)22(2)13-15-7-5-6-8-16(15)19;/h5-8H,4,9-14H2,1-3H3,(H,20,21);1H. The second kappa shape index (κ2) is 11.5. The number of halogens is 2. The van der Waals surface area contributed by atoms with E-state index in [0.717, 1.165) is 62.2 Å². The molecule has 0 aliphatic carbocycles. The van der Waals surface area contributed by atoms with Gasteiger partial charge in [-0.25, -0.2) is 0 Å². The topological polar surface area (TPSA) is 36.9 Å². The van der Waals surface area contributed by atoms with E-state index in [2.05, 4.69) is 36.5 Å². The van der Waals surface area contributed by atoms with Gasteiger partial charge in [-0.1, -0.05) is 29.8 Å². The van der Waals surface area contributed by atoms with Crippen LogP contribution in [0.15, 0.2) is 29.3 Å². The average Bonchev–Trinajstić information content (AvgIpc) is 2.61. The predicted octanol–water partition coefficient (Wildman–Crippen LogP) is 4.27. The molecule has 0 saturated carbocycles. The van der Waals surface area contributed by atoms with Crippen LogP contribution >= 0.6 is 47.3 Å². The molecule has 142 valence electrons. The molecule has 1 aliphatic heterocycles. The summed E-state index contributed by atoms with van der Waals surface area (Å²) < 4.78 is 5.72. The fourth-order valence-corrected chi connectivity index (χ4v) is 3.78. The SMILES string of the molecule is CCNC(=NCC1(SC)CCOCC1)N(C)Cc1ccccc1Cl.I. The molecule has 25 heavy (non-hydrogen) atoms. The van der Waals surface area contributed by atoms with Crippen molar-refractivity contribution < 1.29 is 4.74 Å². The van der Waals surface area contributed by atoms with Gasteiger partial charge >= 0.3 is 0 Å². The van der Waals surface area contributed by atoms with E-state index in [1.807, 2.05) is 30.0 Å². The minimum Gasteiger partial charge on any atom is -0.381 e. The first-order chi connectivity index (χ1) is 11.6. The van der Waals surface area contributed by atoms with Crippen molar-refractivity contribution in [1.29, 1.82) is 0 Å². The highest BCUT2D eigenvalue weighted by Crippen LogP contribution is 2.34. The number of guanidine groups is 1. The third-order valence-corrected chi connectivity index (χ3v) is 6.19. The molecular weight excluding hydrogens is 469 g/mol. The fraction of sp³-hybridized carbons (Fsp3) is 0.611. The van der Waals surface area contributed by atoms with E-state index in [-0.39, 0.29) is 28.7 Å². The molecule has 4 nitrogen and oxygen atoms in total. The predicted molar refractivity (Wildman–Crippen MR) is 121 cm³/mol. The summed E-state index contributed by atoms with van der Waals surface area (Å²) in [6, 6.07) is 7.96. The van der Waals surface area contributed by atoms with Gasteiger partial charge in [-0.05, 0) is 37.7 Å². The highest BCUT2D eigenvalue weighted by molar-refractivity contribution is 14.0. The molecular formula is C18H29ClIN3OS. The summed E-state index contributed by atoms with van der Waals surface area (Å²) >= 11 is 8.21. The normalized spacial score (nSPS) is 16.9. The third-order valence-electron chi connectivity index (χ3n) is 4.42. The van der Waals surface area contributed by atoms with Crippen molar-refractivity contribution in [3.63, 3.8) is 0 Å². The van der Waals surface area contributed by atoms with Crippen molar-refractivity contribution in [2.75, 3.05) is 39.6 Å². The van der Waals surface area contributed by atoms with Crippen LogP contribution in [0.3, 0.4) is 0 Å². The number of rotatable bonds is 6. The van der Waals surface area contributed by atoms with Crippen LogP contribution in [0.4, 0.5) is 0 Å². The Labute approximate surface area is 178 Å². The molecule has 0 bridgehead atoms. The van der Waals surface area contributed by atoms with Gasteiger partial charge in [-0.3, -0.25) is 4.99 Å². The van der Waals surface area contributed by atoms with E-state index >= 15 is 0 Å². The van der Waals surface area contributed by atoms with Crippen molar-refractivity contribution in [3.8, 4) is 0 Å². The summed E-state index contributed by atoms with van der Waals surface area (Å²) in [6.45, 7) is 6.16. The first kappa shape index (κ1) is 22.9. The second-order valence-electron chi connectivity index (χ2n) is 6.12. The van der Waals surface area contributed by atoms with Crippen molar-refractivity contribution in [1.82, 2.24) is 10.2 Å². The highest BCUT2D eigenvalue weighted by Gasteiger charge is 2.31. The van der Waals surface area contributed by atoms with Gasteiger partial charge < -0.3 is 15.0 Å². The molecule has 0 atom stereocenters. The van der Waals surface area contributed by atoms with E-state index in [9.17, 15) is 0 Å². The minimum absolute atomic E-state index is 0. The van der Waals surface area contributed by atoms with E-state index in [4.69, 9.17) is 21.3 Å². The van der Waals surface area contributed by atoms with Crippen LogP contribution in [-0.2, 0) is 11.3 Å². The Morgan fingerprint density at radius 2 is 2.04 bits per heavy atom. The van der Waals surface area contributed by atoms with E-state index in [1.165, 1.54) is 0 Å². The van der Waals surface area contributed by atoms with Crippen molar-refractivity contribution in [2.24, 2.45) is 4.99 Å². The molecule has 1 saturated heterocycles. The number of benzene rings is 1. The van der Waals surface area contributed by atoms with Gasteiger partial charge in [0.05, 0.1) is 6.54 Å². The fourth-order valence-electron chi connectivity index (χ4n) is 2.82. The van der Waals surface area contributed by atoms with Crippen molar-refractivity contribution in [3.05, 3.63) is 34.9 Å². The number of nitrogens with zero attached hydrogens (tertiary/aromatic N) is 2. The first-order valence-electron chi connectivity index (χ1n) is 8.46. The maximum absolute atomic E-state index is 6.29. The zero-order valence-electron chi connectivity index (χ0n) is 15.3. The van der Waals surface area contributed by atoms with Gasteiger partial charge in [0, 0.05) is 43.1 Å². The summed E-state index contributed by atoms with van der Waals surface area (Å²) in [6.07, 6.45) is 4.30. The number of nitrogens with one attached hydrogen (secondary N) is 1. The minimum atomic E-state index is 0. The number of aliphatic imine (C=N–C) groups is 1. The first-order valence-corrected chi connectivity index (χ1v) is 10.1. The van der Waals surface area contributed by atoms with Gasteiger partial charge in [0.25, 0.3) is 0 Å². The molecule has 1 aromatic rings. The average molecular weight is 498 g/mol. The summed E-state index contributed by atoms with van der Waals surface area (Å²) in [5.41, 5.74) is 1.11. The Bertz CT molecular complexity index is 553. The number of hydrogen-bond acceptors (Lipinski definition) is 3. The lowest BCUT2D eigenvalue weighted by molar-refractivity contribution is 0.0793. The lowest BCUT2D eigenvalue weighted by Gasteiger charge is -2.34. The summed E-state index contributed by atoms with van der Waals surface area (Å²) in [5, 5.41) is 4.19. The maximum atomic E-state index is 6.29. The second-order valence-corrected chi connectivity index (χ2v) is 7.80. The maximum Gasteiger partial charge on any atom is 0.194 e. The molecule has 1 aliphatic rings. The van der Waals surface area contributed by atoms with Crippen LogP contribution in [0.25, 0.3) is 0 Å². The molecule has 0 aromatic heterocycles. The molecule has 0 amide bonds. The quantitative estimate of drug-likeness (QED) is 0.362. The number of ether oxygens (including phenoxy) is 1. The molecule has 1 aromatic carbocycles. The van der Waals surface area contributed by atoms with Gasteiger partial charge in [-0.15, -0.1) is 24.0 Å². The van der Waals surface area contributed by atoms with Crippen LogP contribution in [0.5, 0.6) is 0 Å². The monoisotopic (exact) mass is 497 g/mol. The summed E-state index contributed by atoms with van der Waals surface area (Å²) in [5.74, 6) is 0.928. The van der Waals surface area contributed by atoms with Gasteiger partial charge in [0.2, 0.25) is 0 Å². The Hall–Kier alpha value is -0.180. The molecule has 2 rings (SSSR count). The Balaban J connectivity index is 0.00000312. The third kappa shape index (κ3) is 6.81. The molecule has 1 fully saturated rings. The zero-order chi connectivity index (χ0) is 17.4. The van der Waals surface area contributed by atoms with E-state index in [0.29, 0.717) is 0 Å². The van der Waals surface area contributed by atoms with Crippen LogP contribution < -0.4 is 5.32 Å². The Morgan fingerprint density at radius 1 is 1.36 bits per heavy atom. The lowest BCUT2D eigenvalue weighted by Crippen LogP contribution is -2.41. The van der Waals surface area contributed by atoms with Crippen LogP contribution in [0.2, 0.25) is 5.02 Å². The van der Waals surface area contributed by atoms with Crippen LogP contribution in [-0.4, -0.2) is 55.2 Å². The zero-order valence-corrected chi connectivity index (χ0v) is 19.2. The Kier molecular flexibility index (Phi) is 10.5. The van der Waals surface area contributed by atoms with Crippen molar-refractivity contribution >= 4 is 53.3 Å². The van der Waals surface area contributed by atoms with E-state index in [1.54, 1.807) is 0 Å².